The first-order valence-corrected chi connectivity index (χ1v) is 10.6. The number of ether oxygens (including phenoxy) is 1. The second-order valence-corrected chi connectivity index (χ2v) is 7.65. The zero-order valence-corrected chi connectivity index (χ0v) is 17.7. The van der Waals surface area contributed by atoms with E-state index in [0.29, 0.717) is 24.5 Å². The first-order chi connectivity index (χ1) is 15.2. The van der Waals surface area contributed by atoms with Crippen molar-refractivity contribution < 1.29 is 9.53 Å². The number of fused-ring (bicyclic) bond motifs is 1. The number of nitrogens with zero attached hydrogens (tertiary/aromatic N) is 5. The van der Waals surface area contributed by atoms with E-state index in [4.69, 9.17) is 4.74 Å². The van der Waals surface area contributed by atoms with Crippen LogP contribution in [0.4, 0.5) is 4.79 Å². The van der Waals surface area contributed by atoms with Gasteiger partial charge < -0.3 is 15.4 Å². The fourth-order valence-corrected chi connectivity index (χ4v) is 4.22. The summed E-state index contributed by atoms with van der Waals surface area (Å²) in [5.41, 5.74) is 2.40. The maximum atomic E-state index is 12.3. The van der Waals surface area contributed by atoms with Gasteiger partial charge in [-0.05, 0) is 43.2 Å². The molecule has 9 nitrogen and oxygen atoms in total. The Hall–Kier alpha value is -3.49. The van der Waals surface area contributed by atoms with Gasteiger partial charge in [0.15, 0.2) is 5.65 Å². The van der Waals surface area contributed by atoms with E-state index in [1.54, 1.807) is 18.6 Å². The summed E-state index contributed by atoms with van der Waals surface area (Å²) in [6.45, 7) is 2.50. The summed E-state index contributed by atoms with van der Waals surface area (Å²) in [4.78, 5) is 20.8. The molecule has 0 bridgehead atoms. The van der Waals surface area contributed by atoms with Crippen molar-refractivity contribution in [3.63, 3.8) is 0 Å². The number of carbonyl (C=O) groups is 1. The molecule has 162 valence electrons. The average molecular weight is 422 g/mol. The molecular formula is C22H27N7O2. The zero-order chi connectivity index (χ0) is 21.6. The topological polar surface area (TPSA) is 106 Å². The molecule has 1 aliphatic carbocycles. The molecule has 1 amide bonds. The molecule has 0 spiro atoms. The van der Waals surface area contributed by atoms with E-state index in [2.05, 4.69) is 37.7 Å². The van der Waals surface area contributed by atoms with Crippen molar-refractivity contribution in [1.29, 1.82) is 0 Å². The summed E-state index contributed by atoms with van der Waals surface area (Å²) >= 11 is 0. The quantitative estimate of drug-likeness (QED) is 0.604. The number of hydrogen-bond acceptors (Lipinski definition) is 7. The van der Waals surface area contributed by atoms with Gasteiger partial charge >= 0.3 is 6.09 Å². The third-order valence-corrected chi connectivity index (χ3v) is 5.71. The Bertz CT molecular complexity index is 1050. The van der Waals surface area contributed by atoms with Gasteiger partial charge in [0, 0.05) is 19.2 Å². The predicted molar refractivity (Wildman–Crippen MR) is 116 cm³/mol. The number of alkyl carbamates (subject to hydrolysis) is 1. The highest BCUT2D eigenvalue weighted by atomic mass is 16.6. The number of rotatable bonds is 7. The van der Waals surface area contributed by atoms with Crippen LogP contribution < -0.4 is 10.6 Å². The molecule has 31 heavy (non-hydrogen) atoms. The maximum Gasteiger partial charge on any atom is 0.407 e. The Morgan fingerprint density at radius 3 is 2.97 bits per heavy atom. The van der Waals surface area contributed by atoms with Crippen molar-refractivity contribution in [3.05, 3.63) is 60.2 Å². The van der Waals surface area contributed by atoms with Crippen LogP contribution in [0.5, 0.6) is 0 Å². The van der Waals surface area contributed by atoms with E-state index < -0.39 is 6.09 Å². The standard InChI is InChI=1S/C22H27N7O2/c1-3-15-10-18(31-22(30)26-12-16-6-4-5-8-25-16)11-19(15)21-28-27-20-14-24-13-17(29(20)21)7-9-23-2/h4-9,13-15,18-19,23H,3,10-12H2,1-2H3,(H,26,30)/b9-7-. The first kappa shape index (κ1) is 20.8. The van der Waals surface area contributed by atoms with Gasteiger partial charge in [0.1, 0.15) is 11.9 Å². The third kappa shape index (κ3) is 4.65. The van der Waals surface area contributed by atoms with Crippen molar-refractivity contribution in [2.24, 2.45) is 5.92 Å². The summed E-state index contributed by atoms with van der Waals surface area (Å²) in [5.74, 6) is 1.40. The van der Waals surface area contributed by atoms with Gasteiger partial charge in [-0.15, -0.1) is 10.2 Å². The third-order valence-electron chi connectivity index (χ3n) is 5.71. The van der Waals surface area contributed by atoms with E-state index in [1.165, 1.54) is 0 Å². The summed E-state index contributed by atoms with van der Waals surface area (Å²) in [5, 5.41) is 14.6. The van der Waals surface area contributed by atoms with E-state index in [9.17, 15) is 4.79 Å². The van der Waals surface area contributed by atoms with Crippen LogP contribution in [0.1, 0.15) is 49.3 Å². The summed E-state index contributed by atoms with van der Waals surface area (Å²) in [6.07, 6.45) is 10.9. The fourth-order valence-electron chi connectivity index (χ4n) is 4.22. The smallest absolute Gasteiger partial charge is 0.407 e. The van der Waals surface area contributed by atoms with Crippen LogP contribution in [0, 0.1) is 5.92 Å². The summed E-state index contributed by atoms with van der Waals surface area (Å²) in [7, 11) is 1.85. The van der Waals surface area contributed by atoms with Gasteiger partial charge in [-0.1, -0.05) is 19.4 Å². The number of hydrogen-bond donors (Lipinski definition) is 2. The van der Waals surface area contributed by atoms with Crippen LogP contribution in [0.25, 0.3) is 11.7 Å². The molecule has 0 radical (unpaired) electrons. The highest BCUT2D eigenvalue weighted by molar-refractivity contribution is 5.67. The molecule has 3 heterocycles. The minimum Gasteiger partial charge on any atom is -0.446 e. The number of aromatic nitrogens is 5. The van der Waals surface area contributed by atoms with Gasteiger partial charge in [0.05, 0.1) is 30.3 Å². The molecule has 4 rings (SSSR count). The molecule has 1 saturated carbocycles. The predicted octanol–water partition coefficient (Wildman–Crippen LogP) is 2.91. The second kappa shape index (κ2) is 9.55. The minimum absolute atomic E-state index is 0.151. The molecule has 3 atom stereocenters. The molecule has 0 aromatic carbocycles. The van der Waals surface area contributed by atoms with Gasteiger partial charge in [-0.25, -0.2) is 4.79 Å². The Kier molecular flexibility index (Phi) is 6.40. The molecule has 3 aromatic rings. The highest BCUT2D eigenvalue weighted by Crippen LogP contribution is 2.42. The highest BCUT2D eigenvalue weighted by Gasteiger charge is 2.39. The molecule has 3 aromatic heterocycles. The average Bonchev–Trinajstić information content (AvgIpc) is 3.41. The molecule has 9 heteroatoms. The largest absolute Gasteiger partial charge is 0.446 e. The molecule has 3 unspecified atom stereocenters. The number of amides is 1. The van der Waals surface area contributed by atoms with Crippen molar-refractivity contribution in [1.82, 2.24) is 35.2 Å². The Morgan fingerprint density at radius 2 is 2.19 bits per heavy atom. The van der Waals surface area contributed by atoms with Gasteiger partial charge in [-0.2, -0.15) is 0 Å². The molecule has 0 aliphatic heterocycles. The maximum absolute atomic E-state index is 12.3. The van der Waals surface area contributed by atoms with E-state index in [-0.39, 0.29) is 12.0 Å². The lowest BCUT2D eigenvalue weighted by molar-refractivity contribution is 0.0976. The van der Waals surface area contributed by atoms with E-state index in [0.717, 1.165) is 30.1 Å². The Morgan fingerprint density at radius 1 is 1.29 bits per heavy atom. The molecule has 1 aliphatic rings. The minimum atomic E-state index is -0.417. The lowest BCUT2D eigenvalue weighted by Gasteiger charge is -2.16. The fraction of sp³-hybridized carbons (Fsp3) is 0.409. The summed E-state index contributed by atoms with van der Waals surface area (Å²) < 4.78 is 7.77. The van der Waals surface area contributed by atoms with E-state index >= 15 is 0 Å². The van der Waals surface area contributed by atoms with Crippen LogP contribution in [-0.4, -0.2) is 43.8 Å². The van der Waals surface area contributed by atoms with Crippen LogP contribution in [0.2, 0.25) is 0 Å². The number of pyridine rings is 1. The SMILES string of the molecule is CCC1CC(OC(=O)NCc2ccccn2)CC1c1nnc2cncc(/C=C\NC)n12. The van der Waals surface area contributed by atoms with Crippen molar-refractivity contribution in [3.8, 4) is 0 Å². The van der Waals surface area contributed by atoms with Gasteiger partial charge in [0.2, 0.25) is 0 Å². The van der Waals surface area contributed by atoms with Crippen molar-refractivity contribution in [2.45, 2.75) is 44.8 Å². The van der Waals surface area contributed by atoms with Crippen molar-refractivity contribution in [2.75, 3.05) is 7.05 Å². The zero-order valence-electron chi connectivity index (χ0n) is 17.7. The van der Waals surface area contributed by atoms with E-state index in [1.807, 2.05) is 41.9 Å². The molecule has 0 saturated heterocycles. The molecular weight excluding hydrogens is 394 g/mol. The first-order valence-electron chi connectivity index (χ1n) is 10.6. The Balaban J connectivity index is 1.47. The van der Waals surface area contributed by atoms with Gasteiger partial charge in [0.25, 0.3) is 0 Å². The monoisotopic (exact) mass is 421 g/mol. The molecule has 2 N–H and O–H groups in total. The van der Waals surface area contributed by atoms with Crippen LogP contribution in [-0.2, 0) is 11.3 Å². The van der Waals surface area contributed by atoms with Crippen LogP contribution >= 0.6 is 0 Å². The normalized spacial score (nSPS) is 20.9. The Labute approximate surface area is 181 Å². The number of nitrogens with one attached hydrogen (secondary N) is 2. The van der Waals surface area contributed by atoms with Crippen molar-refractivity contribution >= 4 is 17.8 Å². The number of carbonyl (C=O) groups excluding carboxylic acids is 1. The lowest BCUT2D eigenvalue weighted by Crippen LogP contribution is -2.28. The van der Waals surface area contributed by atoms with Gasteiger partial charge in [-0.3, -0.25) is 14.4 Å². The lowest BCUT2D eigenvalue weighted by atomic mass is 9.93. The van der Waals surface area contributed by atoms with Crippen LogP contribution in [0.3, 0.4) is 0 Å². The summed E-state index contributed by atoms with van der Waals surface area (Å²) in [6, 6.07) is 5.60. The molecule has 1 fully saturated rings. The van der Waals surface area contributed by atoms with Crippen LogP contribution in [0.15, 0.2) is 43.0 Å². The second-order valence-electron chi connectivity index (χ2n) is 7.65.